The molecule has 0 bridgehead atoms. The Kier molecular flexibility index (Phi) is 8.27. The van der Waals surface area contributed by atoms with Crippen molar-refractivity contribution in [3.8, 4) is 17.2 Å². The van der Waals surface area contributed by atoms with Gasteiger partial charge in [-0.05, 0) is 84.9 Å². The number of carbonyl (C=O) groups is 1. The molecular formula is C29H34N2O4. The molecule has 1 N–H and O–H groups in total. The van der Waals surface area contributed by atoms with Crippen molar-refractivity contribution in [1.82, 2.24) is 10.2 Å². The number of likely N-dealkylation sites (tertiary alicyclic amines) is 1. The van der Waals surface area contributed by atoms with Crippen molar-refractivity contribution in [3.05, 3.63) is 89.0 Å². The van der Waals surface area contributed by atoms with Crippen molar-refractivity contribution >= 4 is 5.91 Å². The maximum Gasteiger partial charge on any atom is 0.251 e. The third-order valence-electron chi connectivity index (χ3n) is 6.70. The van der Waals surface area contributed by atoms with Crippen LogP contribution in [-0.2, 0) is 13.1 Å². The van der Waals surface area contributed by atoms with Crippen molar-refractivity contribution in [1.29, 1.82) is 0 Å². The quantitative estimate of drug-likeness (QED) is 0.472. The molecule has 3 aromatic rings. The van der Waals surface area contributed by atoms with Crippen molar-refractivity contribution in [3.63, 3.8) is 0 Å². The Labute approximate surface area is 207 Å². The second-order valence-corrected chi connectivity index (χ2v) is 8.89. The molecule has 1 saturated heterocycles. The predicted molar refractivity (Wildman–Crippen MR) is 137 cm³/mol. The van der Waals surface area contributed by atoms with Gasteiger partial charge in [-0.2, -0.15) is 0 Å². The molecule has 0 radical (unpaired) electrons. The van der Waals surface area contributed by atoms with Crippen LogP contribution in [0.3, 0.4) is 0 Å². The molecule has 0 atom stereocenters. The number of benzene rings is 3. The van der Waals surface area contributed by atoms with Crippen molar-refractivity contribution in [2.24, 2.45) is 0 Å². The smallest absolute Gasteiger partial charge is 0.251 e. The maximum absolute atomic E-state index is 12.4. The number of ether oxygens (including phenoxy) is 3. The summed E-state index contributed by atoms with van der Waals surface area (Å²) in [5.41, 5.74) is 4.34. The van der Waals surface area contributed by atoms with Gasteiger partial charge >= 0.3 is 0 Å². The zero-order valence-corrected chi connectivity index (χ0v) is 20.8. The van der Waals surface area contributed by atoms with E-state index >= 15 is 0 Å². The lowest BCUT2D eigenvalue weighted by Crippen LogP contribution is -2.32. The zero-order chi connectivity index (χ0) is 24.6. The topological polar surface area (TPSA) is 60.0 Å². The summed E-state index contributed by atoms with van der Waals surface area (Å²) < 4.78 is 15.9. The summed E-state index contributed by atoms with van der Waals surface area (Å²) in [5, 5.41) is 2.99. The molecule has 1 aliphatic rings. The lowest BCUT2D eigenvalue weighted by Gasteiger charge is -2.32. The Morgan fingerprint density at radius 2 is 1.49 bits per heavy atom. The minimum Gasteiger partial charge on any atom is -0.497 e. The minimum absolute atomic E-state index is 0.0846. The lowest BCUT2D eigenvalue weighted by molar-refractivity contribution is 0.0951. The van der Waals surface area contributed by atoms with Crippen LogP contribution in [0.2, 0.25) is 0 Å². The SMILES string of the molecule is COc1ccc(C(=O)NCc2ccc(C3CCN(Cc4ccc(OC)c(OC)c4)CC3)cc2)cc1. The Balaban J connectivity index is 1.25. The largest absolute Gasteiger partial charge is 0.497 e. The molecule has 1 heterocycles. The molecule has 4 rings (SSSR count). The summed E-state index contributed by atoms with van der Waals surface area (Å²) in [6.45, 7) is 3.56. The summed E-state index contributed by atoms with van der Waals surface area (Å²) in [5.74, 6) is 2.76. The zero-order valence-electron chi connectivity index (χ0n) is 20.8. The molecule has 0 saturated carbocycles. The van der Waals surface area contributed by atoms with Crippen LogP contribution in [0, 0.1) is 0 Å². The van der Waals surface area contributed by atoms with E-state index < -0.39 is 0 Å². The lowest BCUT2D eigenvalue weighted by atomic mass is 9.89. The number of nitrogens with one attached hydrogen (secondary N) is 1. The summed E-state index contributed by atoms with van der Waals surface area (Å²) in [7, 11) is 4.95. The second-order valence-electron chi connectivity index (χ2n) is 8.89. The van der Waals surface area contributed by atoms with Crippen molar-refractivity contribution in [2.75, 3.05) is 34.4 Å². The van der Waals surface area contributed by atoms with Gasteiger partial charge in [-0.25, -0.2) is 0 Å². The Hall–Kier alpha value is -3.51. The highest BCUT2D eigenvalue weighted by atomic mass is 16.5. The van der Waals surface area contributed by atoms with Gasteiger partial charge < -0.3 is 19.5 Å². The molecule has 6 heteroatoms. The average Bonchev–Trinajstić information content (AvgIpc) is 2.92. The highest BCUT2D eigenvalue weighted by Crippen LogP contribution is 2.31. The van der Waals surface area contributed by atoms with Crippen LogP contribution in [0.4, 0.5) is 0 Å². The van der Waals surface area contributed by atoms with Gasteiger partial charge in [0, 0.05) is 18.7 Å². The van der Waals surface area contributed by atoms with Crippen LogP contribution in [-0.4, -0.2) is 45.2 Å². The first-order valence-electron chi connectivity index (χ1n) is 12.0. The van der Waals surface area contributed by atoms with Gasteiger partial charge in [-0.15, -0.1) is 0 Å². The number of piperidine rings is 1. The van der Waals surface area contributed by atoms with Gasteiger partial charge in [0.25, 0.3) is 5.91 Å². The van der Waals surface area contributed by atoms with E-state index in [4.69, 9.17) is 14.2 Å². The molecule has 0 spiro atoms. The molecule has 0 aliphatic carbocycles. The maximum atomic E-state index is 12.4. The molecule has 0 aromatic heterocycles. The monoisotopic (exact) mass is 474 g/mol. The Morgan fingerprint density at radius 1 is 0.829 bits per heavy atom. The van der Waals surface area contributed by atoms with E-state index in [1.807, 2.05) is 6.07 Å². The van der Waals surface area contributed by atoms with Gasteiger partial charge in [0.1, 0.15) is 5.75 Å². The molecule has 6 nitrogen and oxygen atoms in total. The first-order chi connectivity index (χ1) is 17.1. The van der Waals surface area contributed by atoms with E-state index in [1.165, 1.54) is 11.1 Å². The molecule has 1 fully saturated rings. The third kappa shape index (κ3) is 6.34. The van der Waals surface area contributed by atoms with E-state index in [2.05, 4.69) is 46.6 Å². The Morgan fingerprint density at radius 3 is 2.11 bits per heavy atom. The highest BCUT2D eigenvalue weighted by molar-refractivity contribution is 5.94. The summed E-state index contributed by atoms with van der Waals surface area (Å²) in [6, 6.07) is 22.0. The van der Waals surface area contributed by atoms with E-state index in [0.29, 0.717) is 18.0 Å². The number of hydrogen-bond acceptors (Lipinski definition) is 5. The summed E-state index contributed by atoms with van der Waals surface area (Å²) >= 11 is 0. The van der Waals surface area contributed by atoms with E-state index in [0.717, 1.165) is 55.3 Å². The number of methoxy groups -OCH3 is 3. The van der Waals surface area contributed by atoms with Gasteiger partial charge in [0.05, 0.1) is 21.3 Å². The number of carbonyl (C=O) groups excluding carboxylic acids is 1. The van der Waals surface area contributed by atoms with Crippen LogP contribution in [0.15, 0.2) is 66.7 Å². The molecule has 184 valence electrons. The van der Waals surface area contributed by atoms with Crippen molar-refractivity contribution in [2.45, 2.75) is 31.8 Å². The minimum atomic E-state index is -0.0846. The molecular weight excluding hydrogens is 440 g/mol. The fourth-order valence-electron chi connectivity index (χ4n) is 4.60. The fourth-order valence-corrected chi connectivity index (χ4v) is 4.60. The van der Waals surface area contributed by atoms with E-state index in [-0.39, 0.29) is 5.91 Å². The molecule has 1 aliphatic heterocycles. The molecule has 35 heavy (non-hydrogen) atoms. The van der Waals surface area contributed by atoms with Crippen LogP contribution in [0.1, 0.15) is 45.8 Å². The van der Waals surface area contributed by atoms with E-state index in [1.54, 1.807) is 45.6 Å². The van der Waals surface area contributed by atoms with Gasteiger partial charge in [-0.3, -0.25) is 9.69 Å². The van der Waals surface area contributed by atoms with Gasteiger partial charge in [0.2, 0.25) is 0 Å². The number of amides is 1. The molecule has 1 amide bonds. The highest BCUT2D eigenvalue weighted by Gasteiger charge is 2.21. The molecule has 3 aromatic carbocycles. The van der Waals surface area contributed by atoms with Gasteiger partial charge in [0.15, 0.2) is 11.5 Å². The number of rotatable bonds is 9. The third-order valence-corrected chi connectivity index (χ3v) is 6.70. The first-order valence-corrected chi connectivity index (χ1v) is 12.0. The normalized spacial score (nSPS) is 14.4. The van der Waals surface area contributed by atoms with Crippen LogP contribution >= 0.6 is 0 Å². The van der Waals surface area contributed by atoms with Crippen molar-refractivity contribution < 1.29 is 19.0 Å². The second kappa shape index (κ2) is 11.8. The van der Waals surface area contributed by atoms with Crippen LogP contribution in [0.25, 0.3) is 0 Å². The Bertz CT molecular complexity index is 1100. The number of hydrogen-bond donors (Lipinski definition) is 1. The predicted octanol–water partition coefficient (Wildman–Crippen LogP) is 5.02. The average molecular weight is 475 g/mol. The first kappa shape index (κ1) is 24.6. The van der Waals surface area contributed by atoms with E-state index in [9.17, 15) is 4.79 Å². The molecule has 0 unspecified atom stereocenters. The summed E-state index contributed by atoms with van der Waals surface area (Å²) in [4.78, 5) is 14.9. The van der Waals surface area contributed by atoms with Crippen LogP contribution in [0.5, 0.6) is 17.2 Å². The summed E-state index contributed by atoms with van der Waals surface area (Å²) in [6.07, 6.45) is 2.28. The standard InChI is InChI=1S/C29H34N2O4/c1-33-26-11-9-25(10-12-26)29(32)30-19-21-4-7-23(8-5-21)24-14-16-31(17-15-24)20-22-6-13-27(34-2)28(18-22)35-3/h4-13,18,24H,14-17,19-20H2,1-3H3,(H,30,32). The van der Waals surface area contributed by atoms with Gasteiger partial charge in [-0.1, -0.05) is 30.3 Å². The number of nitrogens with zero attached hydrogens (tertiary/aromatic N) is 1. The van der Waals surface area contributed by atoms with Crippen LogP contribution < -0.4 is 19.5 Å². The fraction of sp³-hybridized carbons (Fsp3) is 0.345.